The van der Waals surface area contributed by atoms with Gasteiger partial charge in [-0.1, -0.05) is 12.1 Å². The molecule has 0 saturated heterocycles. The Kier molecular flexibility index (Phi) is 3.10. The molecular formula is C12H15NO3. The summed E-state index contributed by atoms with van der Waals surface area (Å²) in [6.45, 7) is 2.37. The molecule has 0 fully saturated rings. The van der Waals surface area contributed by atoms with E-state index >= 15 is 0 Å². The summed E-state index contributed by atoms with van der Waals surface area (Å²) < 4.78 is 5.49. The van der Waals surface area contributed by atoms with E-state index in [9.17, 15) is 9.90 Å². The fourth-order valence-electron chi connectivity index (χ4n) is 1.78. The average molecular weight is 221 g/mol. The number of ether oxygens (including phenoxy) is 1. The standard InChI is InChI=1S/C12H15NO3/c1-9(14)8-13-10-4-2-3-5-11(10)16-7-6-12(13)15/h2-5,9,14H,6-8H2,1H3. The van der Waals surface area contributed by atoms with Crippen LogP contribution in [0.5, 0.6) is 5.75 Å². The van der Waals surface area contributed by atoms with E-state index in [1.165, 1.54) is 0 Å². The molecule has 4 heteroatoms. The van der Waals surface area contributed by atoms with Gasteiger partial charge in [-0.2, -0.15) is 0 Å². The summed E-state index contributed by atoms with van der Waals surface area (Å²) >= 11 is 0. The first-order valence-corrected chi connectivity index (χ1v) is 5.39. The van der Waals surface area contributed by atoms with Crippen LogP contribution in [0.4, 0.5) is 5.69 Å². The Morgan fingerprint density at radius 3 is 3.00 bits per heavy atom. The maximum atomic E-state index is 11.8. The molecule has 0 radical (unpaired) electrons. The Balaban J connectivity index is 2.36. The lowest BCUT2D eigenvalue weighted by Crippen LogP contribution is -2.36. The summed E-state index contributed by atoms with van der Waals surface area (Å²) in [5.41, 5.74) is 0.742. The number of fused-ring (bicyclic) bond motifs is 1. The third kappa shape index (κ3) is 2.17. The molecule has 1 aliphatic rings. The molecule has 1 aromatic rings. The van der Waals surface area contributed by atoms with Gasteiger partial charge in [0.25, 0.3) is 0 Å². The van der Waals surface area contributed by atoms with Crippen LogP contribution in [0.25, 0.3) is 0 Å². The van der Waals surface area contributed by atoms with Crippen molar-refractivity contribution in [2.24, 2.45) is 0 Å². The van der Waals surface area contributed by atoms with E-state index in [2.05, 4.69) is 0 Å². The molecule has 1 N–H and O–H groups in total. The van der Waals surface area contributed by atoms with E-state index in [0.717, 1.165) is 5.69 Å². The molecule has 1 heterocycles. The summed E-state index contributed by atoms with van der Waals surface area (Å²) in [5, 5.41) is 9.41. The summed E-state index contributed by atoms with van der Waals surface area (Å²) in [6.07, 6.45) is -0.198. The highest BCUT2D eigenvalue weighted by atomic mass is 16.5. The van der Waals surface area contributed by atoms with Crippen molar-refractivity contribution in [3.05, 3.63) is 24.3 Å². The normalized spacial score (nSPS) is 17.4. The van der Waals surface area contributed by atoms with Crippen LogP contribution in [0.1, 0.15) is 13.3 Å². The summed E-state index contributed by atoms with van der Waals surface area (Å²) in [4.78, 5) is 13.4. The summed E-state index contributed by atoms with van der Waals surface area (Å²) in [5.74, 6) is 0.694. The van der Waals surface area contributed by atoms with Gasteiger partial charge in [0, 0.05) is 0 Å². The molecular weight excluding hydrogens is 206 g/mol. The molecule has 4 nitrogen and oxygen atoms in total. The van der Waals surface area contributed by atoms with E-state index < -0.39 is 6.10 Å². The lowest BCUT2D eigenvalue weighted by molar-refractivity contribution is -0.119. The molecule has 1 unspecified atom stereocenters. The second-order valence-electron chi connectivity index (χ2n) is 3.92. The quantitative estimate of drug-likeness (QED) is 0.816. The van der Waals surface area contributed by atoms with E-state index in [-0.39, 0.29) is 5.91 Å². The van der Waals surface area contributed by atoms with Crippen LogP contribution in [0.2, 0.25) is 0 Å². The Bertz CT molecular complexity index is 390. The van der Waals surface area contributed by atoms with Gasteiger partial charge in [-0.3, -0.25) is 4.79 Å². The number of hydrogen-bond donors (Lipinski definition) is 1. The Hall–Kier alpha value is -1.55. The Morgan fingerprint density at radius 2 is 2.25 bits per heavy atom. The number of nitrogens with zero attached hydrogens (tertiary/aromatic N) is 1. The third-order valence-electron chi connectivity index (χ3n) is 2.48. The highest BCUT2D eigenvalue weighted by Gasteiger charge is 2.23. The number of β-amino-alcohol motifs (C(OH)–C–C–N with tert-alkyl or cyclic N) is 1. The second kappa shape index (κ2) is 4.53. The molecule has 1 amide bonds. The van der Waals surface area contributed by atoms with Gasteiger partial charge in [0.15, 0.2) is 0 Å². The SMILES string of the molecule is CC(O)CN1C(=O)CCOc2ccccc21. The summed E-state index contributed by atoms with van der Waals surface area (Å²) in [7, 11) is 0. The molecule has 86 valence electrons. The van der Waals surface area contributed by atoms with Crippen molar-refractivity contribution >= 4 is 11.6 Å². The third-order valence-corrected chi connectivity index (χ3v) is 2.48. The van der Waals surface area contributed by atoms with Crippen molar-refractivity contribution in [2.45, 2.75) is 19.4 Å². The van der Waals surface area contributed by atoms with Gasteiger partial charge in [0.1, 0.15) is 5.75 Å². The number of carbonyl (C=O) groups excluding carboxylic acids is 1. The van der Waals surface area contributed by atoms with Crippen molar-refractivity contribution in [3.63, 3.8) is 0 Å². The van der Waals surface area contributed by atoms with Crippen molar-refractivity contribution in [1.29, 1.82) is 0 Å². The van der Waals surface area contributed by atoms with Crippen LogP contribution < -0.4 is 9.64 Å². The van der Waals surface area contributed by atoms with E-state index in [4.69, 9.17) is 4.74 Å². The van der Waals surface area contributed by atoms with Crippen LogP contribution in [0.3, 0.4) is 0 Å². The number of hydrogen-bond acceptors (Lipinski definition) is 3. The van der Waals surface area contributed by atoms with E-state index in [1.54, 1.807) is 11.8 Å². The van der Waals surface area contributed by atoms with Crippen LogP contribution in [0.15, 0.2) is 24.3 Å². The highest BCUT2D eigenvalue weighted by Crippen LogP contribution is 2.30. The van der Waals surface area contributed by atoms with Crippen LogP contribution in [0, 0.1) is 0 Å². The van der Waals surface area contributed by atoms with Gasteiger partial charge < -0.3 is 14.7 Å². The number of aliphatic hydroxyl groups is 1. The van der Waals surface area contributed by atoms with Crippen molar-refractivity contribution in [1.82, 2.24) is 0 Å². The van der Waals surface area contributed by atoms with Crippen LogP contribution in [-0.2, 0) is 4.79 Å². The number of benzene rings is 1. The number of para-hydroxylation sites is 2. The monoisotopic (exact) mass is 221 g/mol. The molecule has 0 saturated carbocycles. The zero-order valence-corrected chi connectivity index (χ0v) is 9.22. The molecule has 0 spiro atoms. The van der Waals surface area contributed by atoms with Gasteiger partial charge in [-0.15, -0.1) is 0 Å². The molecule has 0 aliphatic carbocycles. The second-order valence-corrected chi connectivity index (χ2v) is 3.92. The summed E-state index contributed by atoms with van der Waals surface area (Å²) in [6, 6.07) is 7.40. The molecule has 0 aromatic heterocycles. The van der Waals surface area contributed by atoms with Gasteiger partial charge in [0.2, 0.25) is 5.91 Å². The predicted molar refractivity (Wildman–Crippen MR) is 60.6 cm³/mol. The zero-order chi connectivity index (χ0) is 11.5. The lowest BCUT2D eigenvalue weighted by Gasteiger charge is -2.23. The van der Waals surface area contributed by atoms with Crippen LogP contribution >= 0.6 is 0 Å². The van der Waals surface area contributed by atoms with Gasteiger partial charge in [0.05, 0.1) is 31.4 Å². The number of anilines is 1. The minimum Gasteiger partial charge on any atom is -0.491 e. The predicted octanol–water partition coefficient (Wildman–Crippen LogP) is 1.18. The first kappa shape index (κ1) is 11.0. The molecule has 1 aliphatic heterocycles. The lowest BCUT2D eigenvalue weighted by atomic mass is 10.2. The Morgan fingerprint density at radius 1 is 1.50 bits per heavy atom. The van der Waals surface area contributed by atoms with Crippen molar-refractivity contribution in [2.75, 3.05) is 18.1 Å². The first-order valence-electron chi connectivity index (χ1n) is 5.39. The number of amides is 1. The fraction of sp³-hybridized carbons (Fsp3) is 0.417. The molecule has 0 bridgehead atoms. The minimum atomic E-state index is -0.546. The van der Waals surface area contributed by atoms with Crippen molar-refractivity contribution < 1.29 is 14.6 Å². The van der Waals surface area contributed by atoms with Crippen LogP contribution in [-0.4, -0.2) is 30.3 Å². The maximum absolute atomic E-state index is 11.8. The number of rotatable bonds is 2. The first-order chi connectivity index (χ1) is 7.68. The van der Waals surface area contributed by atoms with Gasteiger partial charge in [-0.25, -0.2) is 0 Å². The number of aliphatic hydroxyl groups excluding tert-OH is 1. The van der Waals surface area contributed by atoms with E-state index in [0.29, 0.717) is 25.3 Å². The van der Waals surface area contributed by atoms with Crippen molar-refractivity contribution in [3.8, 4) is 5.75 Å². The Labute approximate surface area is 94.4 Å². The smallest absolute Gasteiger partial charge is 0.230 e. The minimum absolute atomic E-state index is 0.00847. The average Bonchev–Trinajstić information content (AvgIpc) is 2.40. The molecule has 1 aromatic carbocycles. The zero-order valence-electron chi connectivity index (χ0n) is 9.22. The number of carbonyl (C=O) groups is 1. The largest absolute Gasteiger partial charge is 0.491 e. The molecule has 1 atom stereocenters. The van der Waals surface area contributed by atoms with Gasteiger partial charge in [-0.05, 0) is 19.1 Å². The molecule has 2 rings (SSSR count). The highest BCUT2D eigenvalue weighted by molar-refractivity contribution is 5.95. The fourth-order valence-corrected chi connectivity index (χ4v) is 1.78. The topological polar surface area (TPSA) is 49.8 Å². The van der Waals surface area contributed by atoms with E-state index in [1.807, 2.05) is 24.3 Å². The maximum Gasteiger partial charge on any atom is 0.230 e. The van der Waals surface area contributed by atoms with Gasteiger partial charge >= 0.3 is 0 Å². The molecule has 16 heavy (non-hydrogen) atoms.